The molecule has 362 valence electrons. The van der Waals surface area contributed by atoms with E-state index in [4.69, 9.17) is 14.6 Å². The average molecular weight is 933 g/mol. The number of rotatable bonds is 32. The average Bonchev–Trinajstić information content (AvgIpc) is 3.29. The van der Waals surface area contributed by atoms with E-state index >= 15 is 0 Å². The number of unbranched alkanes of at least 4 members (excludes halogenated alkanes) is 2. The van der Waals surface area contributed by atoms with Crippen LogP contribution in [0.25, 0.3) is 0 Å². The molecule has 0 bridgehead atoms. The zero-order valence-corrected chi connectivity index (χ0v) is 37.3. The summed E-state index contributed by atoms with van der Waals surface area (Å²) in [6.07, 6.45) is 8.60. The normalized spacial score (nSPS) is 12.8. The smallest absolute Gasteiger partial charge is 0.328 e. The number of benzene rings is 2. The lowest BCUT2D eigenvalue weighted by Crippen LogP contribution is -2.51. The van der Waals surface area contributed by atoms with Crippen LogP contribution in [0.4, 0.5) is 4.79 Å². The monoisotopic (exact) mass is 932 g/mol. The number of nitrogens with one attached hydrogen (secondary N) is 6. The van der Waals surface area contributed by atoms with Crippen molar-refractivity contribution in [3.63, 3.8) is 0 Å². The minimum atomic E-state index is -1.51. The lowest BCUT2D eigenvalue weighted by molar-refractivity contribution is -0.146. The molecule has 0 saturated carbocycles. The van der Waals surface area contributed by atoms with Crippen LogP contribution in [0.1, 0.15) is 63.0 Å². The van der Waals surface area contributed by atoms with Gasteiger partial charge in [0, 0.05) is 31.4 Å². The van der Waals surface area contributed by atoms with Crippen molar-refractivity contribution in [3.8, 4) is 5.75 Å². The number of amides is 6. The third kappa shape index (κ3) is 23.1. The standard InChI is InChI=1S/C47H60N6O14/c1-4-7-10-17-33(6-3)42(58)49-29-39(54)51-38(45(62)63)28-32-19-21-34(22-20-32)67-30-40(55)50-37(27-31-15-11-9-12-16-31)43(59)48-25-14-13-18-36(46(64)66-26-8-5-2)53-47(65)52-35(44(60)61)23-24-41(56)57/h4,6-7,9-12,15-17,19-22,35-38H,1,3,5,8,13-14,18,23-30H2,2H3,(H,48,59)(H,49,58)(H,50,55)(H,51,54)(H,56,57)(H,60,61)(H,62,63)(H2,52,53,65)/b10-7-,33-17+/t35-,36-,37-,38-/m0/s1. The second kappa shape index (κ2) is 31.2. The van der Waals surface area contributed by atoms with Crippen LogP contribution in [0.5, 0.6) is 5.75 Å². The molecule has 0 aliphatic heterocycles. The van der Waals surface area contributed by atoms with Crippen LogP contribution in [0.2, 0.25) is 0 Å². The van der Waals surface area contributed by atoms with Crippen LogP contribution in [0, 0.1) is 0 Å². The molecular weight excluding hydrogens is 873 g/mol. The first-order chi connectivity index (χ1) is 32.1. The molecule has 2 rings (SSSR count). The van der Waals surface area contributed by atoms with E-state index in [0.29, 0.717) is 24.8 Å². The van der Waals surface area contributed by atoms with Gasteiger partial charge >= 0.3 is 29.9 Å². The van der Waals surface area contributed by atoms with E-state index < -0.39 is 97.3 Å². The van der Waals surface area contributed by atoms with E-state index in [0.717, 1.165) is 12.0 Å². The van der Waals surface area contributed by atoms with Crippen molar-refractivity contribution in [1.29, 1.82) is 0 Å². The van der Waals surface area contributed by atoms with E-state index in [1.54, 1.807) is 54.6 Å². The summed E-state index contributed by atoms with van der Waals surface area (Å²) in [6.45, 7) is 8.25. The van der Waals surface area contributed by atoms with Crippen LogP contribution >= 0.6 is 0 Å². The third-order valence-corrected chi connectivity index (χ3v) is 9.52. The number of esters is 1. The quantitative estimate of drug-likeness (QED) is 0.0221. The molecule has 9 N–H and O–H groups in total. The second-order valence-electron chi connectivity index (χ2n) is 14.8. The van der Waals surface area contributed by atoms with Gasteiger partial charge in [0.25, 0.3) is 11.8 Å². The summed E-state index contributed by atoms with van der Waals surface area (Å²) in [6, 6.07) is 9.05. The first-order valence-electron chi connectivity index (χ1n) is 21.5. The van der Waals surface area contributed by atoms with Crippen molar-refractivity contribution in [2.75, 3.05) is 26.3 Å². The highest BCUT2D eigenvalue weighted by molar-refractivity contribution is 5.98. The van der Waals surface area contributed by atoms with E-state index in [1.165, 1.54) is 30.4 Å². The predicted molar refractivity (Wildman–Crippen MR) is 244 cm³/mol. The lowest BCUT2D eigenvalue weighted by atomic mass is 10.0. The van der Waals surface area contributed by atoms with Gasteiger partial charge in [-0.1, -0.05) is 93.3 Å². The number of urea groups is 1. The maximum Gasteiger partial charge on any atom is 0.328 e. The number of ether oxygens (including phenoxy) is 2. The van der Waals surface area contributed by atoms with Crippen LogP contribution in [0.3, 0.4) is 0 Å². The molecule has 2 aromatic rings. The van der Waals surface area contributed by atoms with E-state index in [2.05, 4.69) is 45.1 Å². The Morgan fingerprint density at radius 1 is 0.687 bits per heavy atom. The molecule has 0 unspecified atom stereocenters. The summed E-state index contributed by atoms with van der Waals surface area (Å²) in [5.74, 6) is -6.92. The minimum absolute atomic E-state index is 0.0620. The van der Waals surface area contributed by atoms with E-state index in [9.17, 15) is 53.4 Å². The Bertz CT molecular complexity index is 2070. The summed E-state index contributed by atoms with van der Waals surface area (Å²) in [4.78, 5) is 111. The molecule has 0 saturated heterocycles. The van der Waals surface area contributed by atoms with Gasteiger partial charge < -0.3 is 56.7 Å². The van der Waals surface area contributed by atoms with Crippen LogP contribution in [0.15, 0.2) is 104 Å². The fourth-order valence-corrected chi connectivity index (χ4v) is 5.94. The molecule has 0 aliphatic rings. The number of aliphatic carboxylic acids is 3. The van der Waals surface area contributed by atoms with Gasteiger partial charge in [-0.05, 0) is 61.4 Å². The SMILES string of the molecule is C=C/C=C\C=C(/C=C)C(=O)NCC(=O)N[C@@H](Cc1ccc(OCC(=O)N[C@@H](Cc2ccccc2)C(=O)NCCCC[C@H](NC(=O)N[C@@H](CCC(=O)O)C(=O)O)C(=O)OCCCC)cc1)C(=O)O. The van der Waals surface area contributed by atoms with Crippen molar-refractivity contribution in [2.45, 2.75) is 88.9 Å². The van der Waals surface area contributed by atoms with Crippen LogP contribution in [-0.4, -0.2) is 119 Å². The Hall–Kier alpha value is -7.77. The lowest BCUT2D eigenvalue weighted by Gasteiger charge is -2.21. The number of hydrogen-bond donors (Lipinski definition) is 9. The van der Waals surface area contributed by atoms with Gasteiger partial charge in [0.2, 0.25) is 11.8 Å². The topological polar surface area (TPSA) is 305 Å². The number of hydrogen-bond acceptors (Lipinski definition) is 11. The number of carboxylic acids is 3. The molecule has 4 atom stereocenters. The maximum absolute atomic E-state index is 13.4. The molecule has 0 radical (unpaired) electrons. The van der Waals surface area contributed by atoms with Gasteiger partial charge in [0.05, 0.1) is 13.2 Å². The highest BCUT2D eigenvalue weighted by atomic mass is 16.5. The zero-order valence-electron chi connectivity index (χ0n) is 37.3. The van der Waals surface area contributed by atoms with Gasteiger partial charge in [-0.3, -0.25) is 24.0 Å². The Kier molecular flexibility index (Phi) is 25.8. The van der Waals surface area contributed by atoms with Crippen LogP contribution in [-0.2, 0) is 55.9 Å². The molecule has 0 aliphatic carbocycles. The Balaban J connectivity index is 1.97. The van der Waals surface area contributed by atoms with Gasteiger partial charge in [-0.15, -0.1) is 0 Å². The van der Waals surface area contributed by atoms with Gasteiger partial charge in [-0.25, -0.2) is 19.2 Å². The predicted octanol–water partition coefficient (Wildman–Crippen LogP) is 2.49. The fourth-order valence-electron chi connectivity index (χ4n) is 5.94. The summed E-state index contributed by atoms with van der Waals surface area (Å²) in [5, 5.41) is 42.9. The van der Waals surface area contributed by atoms with Gasteiger partial charge in [0.15, 0.2) is 6.61 Å². The molecule has 0 aromatic heterocycles. The Morgan fingerprint density at radius 2 is 1.33 bits per heavy atom. The zero-order chi connectivity index (χ0) is 49.6. The molecular formula is C47H60N6O14. The van der Waals surface area contributed by atoms with Crippen molar-refractivity contribution in [1.82, 2.24) is 31.9 Å². The molecule has 20 nitrogen and oxygen atoms in total. The maximum atomic E-state index is 13.4. The minimum Gasteiger partial charge on any atom is -0.484 e. The highest BCUT2D eigenvalue weighted by Gasteiger charge is 2.27. The Morgan fingerprint density at radius 3 is 1.96 bits per heavy atom. The first kappa shape index (κ1) is 55.4. The fraction of sp³-hybridized carbons (Fsp3) is 0.383. The van der Waals surface area contributed by atoms with E-state index in [-0.39, 0.29) is 50.2 Å². The van der Waals surface area contributed by atoms with Crippen molar-refractivity contribution >= 4 is 53.5 Å². The Labute approximate surface area is 388 Å². The molecule has 0 fully saturated rings. The third-order valence-electron chi connectivity index (χ3n) is 9.52. The summed E-state index contributed by atoms with van der Waals surface area (Å²) < 4.78 is 10.9. The number of allylic oxidation sites excluding steroid dienone is 4. The molecule has 2 aromatic carbocycles. The van der Waals surface area contributed by atoms with Gasteiger partial charge in [-0.2, -0.15) is 0 Å². The summed E-state index contributed by atoms with van der Waals surface area (Å²) in [5.41, 5.74) is 1.46. The molecule has 6 amide bonds. The largest absolute Gasteiger partial charge is 0.484 e. The second-order valence-corrected chi connectivity index (χ2v) is 14.8. The van der Waals surface area contributed by atoms with Crippen molar-refractivity contribution < 1.29 is 67.9 Å². The summed E-state index contributed by atoms with van der Waals surface area (Å²) >= 11 is 0. The first-order valence-corrected chi connectivity index (χ1v) is 21.5. The van der Waals surface area contributed by atoms with Crippen molar-refractivity contribution in [2.24, 2.45) is 0 Å². The van der Waals surface area contributed by atoms with E-state index in [1.807, 2.05) is 6.92 Å². The number of carbonyl (C=O) groups excluding carboxylic acids is 6. The molecule has 0 heterocycles. The number of carbonyl (C=O) groups is 9. The van der Waals surface area contributed by atoms with Gasteiger partial charge in [0.1, 0.15) is 29.9 Å². The molecule has 67 heavy (non-hydrogen) atoms. The van der Waals surface area contributed by atoms with Crippen molar-refractivity contribution in [3.05, 3.63) is 115 Å². The van der Waals surface area contributed by atoms with Crippen LogP contribution < -0.4 is 36.6 Å². The molecule has 20 heteroatoms. The number of carboxylic acid groups (broad SMARTS) is 3. The summed E-state index contributed by atoms with van der Waals surface area (Å²) in [7, 11) is 0. The molecule has 0 spiro atoms. The highest BCUT2D eigenvalue weighted by Crippen LogP contribution is 2.14.